The first-order chi connectivity index (χ1) is 13.9. The number of nitrogens with zero attached hydrogens (tertiary/aromatic N) is 3. The molecule has 0 radical (unpaired) electrons. The first-order valence-electron chi connectivity index (χ1n) is 8.19. The van der Waals surface area contributed by atoms with Gasteiger partial charge in [-0.3, -0.25) is 14.9 Å². The maximum Gasteiger partial charge on any atom is 0.270 e. The van der Waals surface area contributed by atoms with Crippen LogP contribution in [-0.2, 0) is 0 Å². The van der Waals surface area contributed by atoms with Crippen LogP contribution in [0.25, 0.3) is 22.7 Å². The van der Waals surface area contributed by atoms with Crippen LogP contribution in [0.2, 0.25) is 10.0 Å². The van der Waals surface area contributed by atoms with E-state index in [0.717, 1.165) is 6.07 Å². The van der Waals surface area contributed by atoms with Crippen LogP contribution in [-0.4, -0.2) is 20.8 Å². The molecule has 29 heavy (non-hydrogen) atoms. The largest absolute Gasteiger partial charge is 0.434 e. The molecule has 4 rings (SSSR count). The Balaban J connectivity index is 1.64. The van der Waals surface area contributed by atoms with Gasteiger partial charge in [-0.15, -0.1) is 0 Å². The highest BCUT2D eigenvalue weighted by Gasteiger charge is 2.17. The zero-order chi connectivity index (χ0) is 20.5. The quantitative estimate of drug-likeness (QED) is 0.346. The van der Waals surface area contributed by atoms with Gasteiger partial charge in [0.05, 0.1) is 26.2 Å². The van der Waals surface area contributed by atoms with Gasteiger partial charge < -0.3 is 9.73 Å². The molecule has 2 aromatic carbocycles. The van der Waals surface area contributed by atoms with Crippen molar-refractivity contribution in [2.24, 2.45) is 0 Å². The van der Waals surface area contributed by atoms with Crippen LogP contribution in [0.15, 0.2) is 59.1 Å². The molecular weight excluding hydrogens is 419 g/mol. The van der Waals surface area contributed by atoms with Gasteiger partial charge in [0.1, 0.15) is 0 Å². The van der Waals surface area contributed by atoms with Crippen molar-refractivity contribution in [1.82, 2.24) is 9.97 Å². The highest BCUT2D eigenvalue weighted by atomic mass is 35.5. The third-order valence-corrected chi connectivity index (χ3v) is 4.68. The number of hydrogen-bond acceptors (Lipinski definition) is 6. The second-order valence-corrected chi connectivity index (χ2v) is 6.73. The van der Waals surface area contributed by atoms with Crippen LogP contribution < -0.4 is 5.32 Å². The van der Waals surface area contributed by atoms with Gasteiger partial charge in [-0.1, -0.05) is 23.2 Å². The number of non-ortho nitro benzene ring substituents is 1. The Labute approximate surface area is 173 Å². The Kier molecular flexibility index (Phi) is 4.87. The van der Waals surface area contributed by atoms with Crippen molar-refractivity contribution in [3.05, 3.63) is 80.5 Å². The number of nitro groups is 1. The van der Waals surface area contributed by atoms with Crippen molar-refractivity contribution in [2.75, 3.05) is 5.32 Å². The van der Waals surface area contributed by atoms with E-state index in [4.69, 9.17) is 27.6 Å². The first-order valence-corrected chi connectivity index (χ1v) is 8.95. The van der Waals surface area contributed by atoms with E-state index in [2.05, 4.69) is 15.3 Å². The van der Waals surface area contributed by atoms with Crippen LogP contribution in [0.1, 0.15) is 10.4 Å². The summed E-state index contributed by atoms with van der Waals surface area (Å²) in [6, 6.07) is 12.0. The Bertz CT molecular complexity index is 1240. The molecule has 1 N–H and O–H groups in total. The molecule has 0 saturated carbocycles. The molecule has 10 heteroatoms. The third kappa shape index (κ3) is 3.75. The maximum atomic E-state index is 12.6. The molecule has 0 saturated heterocycles. The van der Waals surface area contributed by atoms with Gasteiger partial charge in [0, 0.05) is 23.9 Å². The second-order valence-electron chi connectivity index (χ2n) is 5.91. The molecule has 0 bridgehead atoms. The van der Waals surface area contributed by atoms with Gasteiger partial charge in [-0.2, -0.15) is 4.98 Å². The minimum atomic E-state index is -0.594. The SMILES string of the molecule is O=C(Nc1cc(-c2nc3ncccc3o2)ccc1Cl)c1ccc([N+](=O)[O-])cc1Cl. The van der Waals surface area contributed by atoms with Gasteiger partial charge in [0.25, 0.3) is 11.6 Å². The molecule has 0 aliphatic carbocycles. The summed E-state index contributed by atoms with van der Waals surface area (Å²) < 4.78 is 5.68. The van der Waals surface area contributed by atoms with Crippen LogP contribution in [0.3, 0.4) is 0 Å². The number of hydrogen-bond donors (Lipinski definition) is 1. The lowest BCUT2D eigenvalue weighted by atomic mass is 10.1. The number of aromatic nitrogens is 2. The van der Waals surface area contributed by atoms with Crippen LogP contribution in [0.4, 0.5) is 11.4 Å². The van der Waals surface area contributed by atoms with Gasteiger partial charge in [-0.05, 0) is 36.4 Å². The maximum absolute atomic E-state index is 12.6. The minimum absolute atomic E-state index is 0.0472. The second kappa shape index (κ2) is 7.50. The minimum Gasteiger partial charge on any atom is -0.434 e. The van der Waals surface area contributed by atoms with E-state index < -0.39 is 10.8 Å². The summed E-state index contributed by atoms with van der Waals surface area (Å²) in [5, 5.41) is 13.7. The van der Waals surface area contributed by atoms with Crippen LogP contribution >= 0.6 is 23.2 Å². The van der Waals surface area contributed by atoms with E-state index in [9.17, 15) is 14.9 Å². The average molecular weight is 429 g/mol. The Morgan fingerprint density at radius 2 is 1.93 bits per heavy atom. The third-order valence-electron chi connectivity index (χ3n) is 4.03. The smallest absolute Gasteiger partial charge is 0.270 e. The highest BCUT2D eigenvalue weighted by Crippen LogP contribution is 2.31. The van der Waals surface area contributed by atoms with E-state index in [1.165, 1.54) is 12.1 Å². The number of carbonyl (C=O) groups is 1. The van der Waals surface area contributed by atoms with E-state index in [0.29, 0.717) is 28.4 Å². The summed E-state index contributed by atoms with van der Waals surface area (Å²) >= 11 is 12.2. The number of rotatable bonds is 4. The summed E-state index contributed by atoms with van der Waals surface area (Å²) in [7, 11) is 0. The monoisotopic (exact) mass is 428 g/mol. The van der Waals surface area contributed by atoms with Crippen molar-refractivity contribution >= 4 is 51.7 Å². The topological polar surface area (TPSA) is 111 Å². The Morgan fingerprint density at radius 1 is 1.10 bits per heavy atom. The number of nitro benzene ring substituents is 1. The van der Waals surface area contributed by atoms with Gasteiger partial charge in [0.2, 0.25) is 5.89 Å². The Hall–Kier alpha value is -3.49. The number of pyridine rings is 1. The molecule has 4 aromatic rings. The van der Waals surface area contributed by atoms with Gasteiger partial charge in [0.15, 0.2) is 11.2 Å². The van der Waals surface area contributed by atoms with E-state index >= 15 is 0 Å². The predicted octanol–water partition coefficient (Wildman–Crippen LogP) is 5.36. The molecule has 2 aromatic heterocycles. The van der Waals surface area contributed by atoms with E-state index in [1.807, 2.05) is 0 Å². The summed E-state index contributed by atoms with van der Waals surface area (Å²) in [4.78, 5) is 31.2. The fourth-order valence-electron chi connectivity index (χ4n) is 2.64. The van der Waals surface area contributed by atoms with Gasteiger partial charge >= 0.3 is 0 Å². The summed E-state index contributed by atoms with van der Waals surface area (Å²) in [6.07, 6.45) is 1.61. The standard InChI is InChI=1S/C19H10Cl2N4O4/c20-13-6-3-10(19-24-17-16(29-19)2-1-7-22-17)8-15(13)23-18(26)12-5-4-11(25(27)28)9-14(12)21/h1-9H,(H,23,26). The van der Waals surface area contributed by atoms with Crippen molar-refractivity contribution in [1.29, 1.82) is 0 Å². The molecular formula is C19H10Cl2N4O4. The van der Waals surface area contributed by atoms with Crippen molar-refractivity contribution in [3.8, 4) is 11.5 Å². The average Bonchev–Trinajstić information content (AvgIpc) is 3.13. The molecule has 144 valence electrons. The molecule has 8 nitrogen and oxygen atoms in total. The summed E-state index contributed by atoms with van der Waals surface area (Å²) in [5.41, 5.74) is 1.73. The number of oxazole rings is 1. The number of carbonyl (C=O) groups excluding carboxylic acids is 1. The Morgan fingerprint density at radius 3 is 2.66 bits per heavy atom. The molecule has 0 spiro atoms. The summed E-state index contributed by atoms with van der Waals surface area (Å²) in [6.45, 7) is 0. The van der Waals surface area contributed by atoms with Crippen molar-refractivity contribution in [2.45, 2.75) is 0 Å². The molecule has 2 heterocycles. The number of amides is 1. The normalized spacial score (nSPS) is 10.8. The van der Waals surface area contributed by atoms with E-state index in [1.54, 1.807) is 36.5 Å². The molecule has 0 aliphatic heterocycles. The van der Waals surface area contributed by atoms with Gasteiger partial charge in [-0.25, -0.2) is 4.98 Å². The number of nitrogens with one attached hydrogen (secondary N) is 1. The summed E-state index contributed by atoms with van der Waals surface area (Å²) in [5.74, 6) is -0.248. The number of halogens is 2. The van der Waals surface area contributed by atoms with Crippen molar-refractivity contribution in [3.63, 3.8) is 0 Å². The molecule has 0 fully saturated rings. The zero-order valence-corrected chi connectivity index (χ0v) is 15.9. The van der Waals surface area contributed by atoms with E-state index in [-0.39, 0.29) is 21.3 Å². The highest BCUT2D eigenvalue weighted by molar-refractivity contribution is 6.36. The number of anilines is 1. The predicted molar refractivity (Wildman–Crippen MR) is 108 cm³/mol. The van der Waals surface area contributed by atoms with Crippen LogP contribution in [0.5, 0.6) is 0 Å². The fourth-order valence-corrected chi connectivity index (χ4v) is 3.06. The van der Waals surface area contributed by atoms with Crippen LogP contribution in [0, 0.1) is 10.1 Å². The lowest BCUT2D eigenvalue weighted by Crippen LogP contribution is -2.13. The lowest BCUT2D eigenvalue weighted by Gasteiger charge is -2.09. The molecule has 0 unspecified atom stereocenters. The zero-order valence-electron chi connectivity index (χ0n) is 14.4. The molecule has 0 atom stereocenters. The lowest BCUT2D eigenvalue weighted by molar-refractivity contribution is -0.384. The number of benzene rings is 2. The van der Waals surface area contributed by atoms with Crippen molar-refractivity contribution < 1.29 is 14.1 Å². The molecule has 1 amide bonds. The molecule has 0 aliphatic rings. The number of fused-ring (bicyclic) bond motifs is 1. The first kappa shape index (κ1) is 18.9. The fraction of sp³-hybridized carbons (Fsp3) is 0.